The van der Waals surface area contributed by atoms with Crippen LogP contribution < -0.4 is 77.6 Å². The van der Waals surface area contributed by atoms with E-state index in [1.807, 2.05) is 0 Å². The number of nitrogens with two attached hydrogens (primary N) is 5. The maximum Gasteiger partial charge on any atom is 0.404 e. The van der Waals surface area contributed by atoms with E-state index in [2.05, 4.69) is 74.3 Å². The minimum Gasteiger partial charge on any atom is -1.00 e. The second kappa shape index (κ2) is 37.4. The van der Waals surface area contributed by atoms with E-state index in [9.17, 15) is 74.4 Å². The minimum absolute atomic E-state index is 0. The third kappa shape index (κ3) is 21.8. The van der Waals surface area contributed by atoms with Gasteiger partial charge in [0.25, 0.3) is 11.8 Å². The summed E-state index contributed by atoms with van der Waals surface area (Å²) in [5.41, 5.74) is 28.1. The molecular weight excluding hydrogens is 1410 g/mol. The lowest BCUT2D eigenvalue weighted by Gasteiger charge is -2.47. The zero-order valence-corrected chi connectivity index (χ0v) is 57.3. The van der Waals surface area contributed by atoms with E-state index in [4.69, 9.17) is 52.4 Å². The highest BCUT2D eigenvalue weighted by Gasteiger charge is 2.54. The monoisotopic (exact) mass is 1490 g/mol. The molecule has 38 nitrogen and oxygen atoms in total. The van der Waals surface area contributed by atoms with Gasteiger partial charge in [0.15, 0.2) is 18.7 Å². The van der Waals surface area contributed by atoms with Crippen molar-refractivity contribution in [3.05, 3.63) is 56.8 Å². The number of nitrogens with zero attached hydrogens (tertiary/aromatic N) is 5. The number of nitrogens with one attached hydrogen (secondary N) is 7. The third-order valence-electron chi connectivity index (χ3n) is 15.3. The molecule has 8 amide bonds. The molecule has 2 aliphatic rings. The summed E-state index contributed by atoms with van der Waals surface area (Å²) in [6.45, 7) is 3.18. The van der Waals surface area contributed by atoms with Gasteiger partial charge in [0.2, 0.25) is 29.5 Å². The zero-order valence-electron chi connectivity index (χ0n) is 53.3. The summed E-state index contributed by atoms with van der Waals surface area (Å²) in [6, 6.07) is -7.85. The second-order valence-electron chi connectivity index (χ2n) is 22.8. The first-order valence-corrected chi connectivity index (χ1v) is 33.8. The highest BCUT2D eigenvalue weighted by atomic mass is 79.9. The molecule has 2 aliphatic heterocycles. The quantitative estimate of drug-likeness (QED) is 0.0150. The average molecular weight is 1500 g/mol. The van der Waals surface area contributed by atoms with Crippen molar-refractivity contribution >= 4 is 86.8 Å². The van der Waals surface area contributed by atoms with Gasteiger partial charge in [0.1, 0.15) is 100 Å². The largest absolute Gasteiger partial charge is 1.00 e. The van der Waals surface area contributed by atoms with E-state index in [1.54, 1.807) is 10.8 Å². The molecule has 19 atom stereocenters. The van der Waals surface area contributed by atoms with Crippen LogP contribution in [0.15, 0.2) is 23.3 Å². The molecule has 2 fully saturated rings. The van der Waals surface area contributed by atoms with Crippen molar-refractivity contribution in [3.63, 3.8) is 0 Å². The number of aliphatic hydroxyl groups excluding tert-OH is 8. The van der Waals surface area contributed by atoms with Crippen LogP contribution in [0.4, 0.5) is 10.6 Å². The number of nitrogen functional groups attached to an aromatic ring is 1. The standard InChI is InChI=1S/C55H83N17O21S3.BrH/c1-20-33(69-46(72-44(20)58)25(12-31(57)76)64-13-24(56)45(59)82)50(86)71-35(41(26-14-61-19-65-26)91-54-43(39(80)37(78)29(15-73)90-54)92-53-40(81)42(93-55(60)88)38(79)30(16-74)89-53)51(87)66-22(3)36(77)21(2)47(83)70-34(23(4)75)49(85)63-10-8-32-67-28(18-94-32)52-68-27(17-95-52)48(84)62-9-7-11-96(5)6;/h14,17-19,21-25,29-30,34-43,53-54,64,73-75,77-81H,7-13,15-16,56H2,1-6H3,(H13-,57,58,59,60,61,62,63,65,66,69,70,71,72,76,82,83,84,85,86,87,88);1H/t21-,22?,23+,24?,25-,29-,30+,34-,35-,36?,37+,38+,39-,40-,41-,42-,43-,53+,54-;/m0./s1. The third-order valence-corrected chi connectivity index (χ3v) is 18.2. The number of rotatable bonds is 35. The fourth-order valence-corrected chi connectivity index (χ4v) is 12.1. The van der Waals surface area contributed by atoms with Crippen molar-refractivity contribution in [2.75, 3.05) is 56.8 Å². The molecule has 6 heterocycles. The van der Waals surface area contributed by atoms with Crippen molar-refractivity contribution in [1.29, 1.82) is 0 Å². The van der Waals surface area contributed by atoms with Crippen LogP contribution in [0.3, 0.4) is 0 Å². The first-order valence-electron chi connectivity index (χ1n) is 29.8. The zero-order chi connectivity index (χ0) is 71.0. The number of H-pyrrole nitrogens is 1. The molecule has 0 saturated carbocycles. The topological polar surface area (TPSA) is 627 Å². The number of thiazole rings is 2. The van der Waals surface area contributed by atoms with Crippen molar-refractivity contribution in [1.82, 2.24) is 61.8 Å². The van der Waals surface area contributed by atoms with Crippen LogP contribution in [0.2, 0.25) is 0 Å². The van der Waals surface area contributed by atoms with Gasteiger partial charge in [-0.05, 0) is 31.7 Å². The highest BCUT2D eigenvalue weighted by molar-refractivity contribution is 7.95. The number of aromatic amines is 1. The van der Waals surface area contributed by atoms with Crippen LogP contribution in [0.25, 0.3) is 10.7 Å². The summed E-state index contributed by atoms with van der Waals surface area (Å²) >= 11 is 2.52. The molecule has 97 heavy (non-hydrogen) atoms. The molecule has 0 bridgehead atoms. The molecule has 540 valence electrons. The second-order valence-corrected chi connectivity index (χ2v) is 27.0. The van der Waals surface area contributed by atoms with Crippen LogP contribution in [-0.2, 0) is 65.0 Å². The van der Waals surface area contributed by atoms with Crippen LogP contribution in [-0.4, -0.2) is 267 Å². The molecule has 4 aromatic heterocycles. The molecule has 3 unspecified atom stereocenters. The molecule has 25 N–H and O–H groups in total. The maximum absolute atomic E-state index is 15.2. The highest BCUT2D eigenvalue weighted by Crippen LogP contribution is 2.35. The van der Waals surface area contributed by atoms with Gasteiger partial charge < -0.3 is 147 Å². The summed E-state index contributed by atoms with van der Waals surface area (Å²) in [6.07, 6.45) is -20.0. The summed E-state index contributed by atoms with van der Waals surface area (Å²) in [5.74, 6) is -7.69. The van der Waals surface area contributed by atoms with E-state index in [0.717, 1.165) is 24.7 Å². The van der Waals surface area contributed by atoms with Crippen LogP contribution in [0.1, 0.15) is 88.8 Å². The van der Waals surface area contributed by atoms with Gasteiger partial charge in [-0.3, -0.25) is 33.6 Å². The van der Waals surface area contributed by atoms with Crippen LogP contribution >= 0.6 is 22.7 Å². The number of imidazole rings is 1. The number of hydrogen-bond acceptors (Lipinski definition) is 31. The fourth-order valence-electron chi connectivity index (χ4n) is 9.80. The molecule has 2 saturated heterocycles. The van der Waals surface area contributed by atoms with E-state index in [-0.39, 0.29) is 81.9 Å². The van der Waals surface area contributed by atoms with Gasteiger partial charge >= 0.3 is 6.09 Å². The lowest BCUT2D eigenvalue weighted by molar-refractivity contribution is -0.372. The number of hydrogen-bond donors (Lipinski definition) is 20. The Morgan fingerprint density at radius 3 is 2.08 bits per heavy atom. The van der Waals surface area contributed by atoms with Gasteiger partial charge in [-0.1, -0.05) is 6.92 Å². The summed E-state index contributed by atoms with van der Waals surface area (Å²) < 4.78 is 28.7. The Kier molecular flexibility index (Phi) is 31.2. The SMILES string of the molecule is Cc1c(N)nc([C@H](CC(N)=O)NCC(N)C(N)=O)nc1C(=O)N[C@H](C(=O)NC(C)C(O)[C@H](C)C(=O)N[C@H](C(=O)NCCc1nc(-c2nc(C(=O)NCCC[S+](C)C)cs2)cs1)[C@@H](C)O)[C@@H](O[C@@H]1O[C@@H](CO)[C@@H](O)[C@H](O)[C@@H]1O[C@H]1O[C@H](CO)[C@@H](O)[C@H](OC(N)=O)[C@@H]1O)c1cnc[nH]1.[Br-]. The normalized spacial score (nSPS) is 23.8. The first-order chi connectivity index (χ1) is 45.3. The van der Waals surface area contributed by atoms with Gasteiger partial charge in [-0.15, -0.1) is 22.7 Å². The van der Waals surface area contributed by atoms with Crippen molar-refractivity contribution in [3.8, 4) is 10.7 Å². The van der Waals surface area contributed by atoms with Gasteiger partial charge in [0.05, 0.1) is 85.2 Å². The number of anilines is 1. The number of halogens is 1. The average Bonchev–Trinajstić information content (AvgIpc) is 1.16. The molecule has 4 aromatic rings. The van der Waals surface area contributed by atoms with Crippen LogP contribution in [0, 0.1) is 12.8 Å². The molecule has 0 spiro atoms. The molecule has 42 heteroatoms. The number of carbonyl (C=O) groups excluding carboxylic acids is 8. The summed E-state index contributed by atoms with van der Waals surface area (Å²) in [4.78, 5) is 131. The van der Waals surface area contributed by atoms with Gasteiger partial charge in [-0.25, -0.2) is 29.7 Å². The van der Waals surface area contributed by atoms with Gasteiger partial charge in [0, 0.05) is 55.2 Å². The summed E-state index contributed by atoms with van der Waals surface area (Å²) in [5, 5.41) is 108. The molecule has 0 aromatic carbocycles. The number of carbonyl (C=O) groups is 8. The Morgan fingerprint density at radius 1 is 0.784 bits per heavy atom. The lowest BCUT2D eigenvalue weighted by atomic mass is 9.96. The Balaban J connectivity index is 0.0000170. The Labute approximate surface area is 575 Å². The van der Waals surface area contributed by atoms with Crippen molar-refractivity contribution < 1.29 is 120 Å². The van der Waals surface area contributed by atoms with Crippen molar-refractivity contribution in [2.24, 2.45) is 28.9 Å². The Bertz CT molecular complexity index is 3290. The smallest absolute Gasteiger partial charge is 0.404 e. The Hall–Kier alpha value is -6.82. The number of primary amides is 3. The van der Waals surface area contributed by atoms with Gasteiger partial charge in [-0.2, -0.15) is 0 Å². The maximum atomic E-state index is 15.2. The van der Waals surface area contributed by atoms with E-state index in [0.29, 0.717) is 22.3 Å². The molecule has 0 radical (unpaired) electrons. The van der Waals surface area contributed by atoms with Crippen LogP contribution in [0.5, 0.6) is 0 Å². The van der Waals surface area contributed by atoms with E-state index >= 15 is 4.79 Å². The number of aliphatic hydroxyl groups is 8. The fraction of sp³-hybridized carbons (Fsp3) is 0.618. The first kappa shape index (κ1) is 80.9. The molecular formula is C55H84BrN17O21S3. The minimum atomic E-state index is -2.20. The van der Waals surface area contributed by atoms with Crippen molar-refractivity contribution in [2.45, 2.75) is 157 Å². The summed E-state index contributed by atoms with van der Waals surface area (Å²) in [7, 11) is 0.254. The number of ether oxygens (including phenoxy) is 5. The molecule has 0 aliphatic carbocycles. The predicted octanol–water partition coefficient (Wildman–Crippen LogP) is -10.7. The van der Waals surface area contributed by atoms with E-state index in [1.165, 1.54) is 50.4 Å². The number of amides is 8. The lowest BCUT2D eigenvalue weighted by Crippen LogP contribution is -3.00. The van der Waals surface area contributed by atoms with E-state index < -0.39 is 183 Å². The number of aromatic nitrogens is 6. The Morgan fingerprint density at radius 2 is 1.46 bits per heavy atom. The molecule has 6 rings (SSSR count). The predicted molar refractivity (Wildman–Crippen MR) is 339 cm³/mol.